The smallest absolute Gasteiger partial charge is 0.407 e. The highest BCUT2D eigenvalue weighted by atomic mass is 32.2. The van der Waals surface area contributed by atoms with Crippen molar-refractivity contribution < 1.29 is 27.5 Å². The number of hydrogen-bond donors (Lipinski definition) is 5. The second-order valence-electron chi connectivity index (χ2n) is 15.5. The monoisotopic (exact) mass is 758 g/mol. The van der Waals surface area contributed by atoms with Gasteiger partial charge in [-0.3, -0.25) is 24.6 Å². The Morgan fingerprint density at radius 2 is 1.63 bits per heavy atom. The van der Waals surface area contributed by atoms with Crippen LogP contribution in [-0.2, 0) is 30.8 Å². The number of alkyl carbamates (subject to hydrolysis) is 1. The summed E-state index contributed by atoms with van der Waals surface area (Å²) >= 11 is 0. The maximum Gasteiger partial charge on any atom is 0.407 e. The van der Waals surface area contributed by atoms with Crippen molar-refractivity contribution in [3.05, 3.63) is 82.1 Å². The third-order valence-corrected chi connectivity index (χ3v) is 12.1. The molecule has 4 aromatic rings. The molecule has 5 N–H and O–H groups in total. The molecule has 14 heteroatoms. The first-order chi connectivity index (χ1) is 25.7. The molecule has 1 aromatic heterocycles. The standard InChI is InChI=1S/C40H50N6O7S/c1-25-21-31(54(51,52)46-19-5-6-20-46)16-18-32(25)28-11-7-26(8-12-28)22-35(38(49)42-30-15-17-33-34(23-30)44-45-37(33)48)43-36(47)29-13-9-27(10-14-29)24-41-39(50)53-40(2,3)4/h7-8,11-12,15-18,21,23,27,29,35H,5-6,9-10,13-14,19-20,22,24H2,1-4H3,(H,41,50)(H,42,49)(H,43,47)(H2,44,45,48)/t27-,29-,35-/m0/s1. The summed E-state index contributed by atoms with van der Waals surface area (Å²) in [5, 5.41) is 14.6. The number of nitrogens with one attached hydrogen (secondary N) is 5. The fourth-order valence-electron chi connectivity index (χ4n) is 7.27. The lowest BCUT2D eigenvalue weighted by molar-refractivity contribution is -0.130. The van der Waals surface area contributed by atoms with Crippen LogP contribution in [0.15, 0.2) is 70.4 Å². The predicted octanol–water partition coefficient (Wildman–Crippen LogP) is 5.61. The van der Waals surface area contributed by atoms with Crippen LogP contribution in [0, 0.1) is 18.8 Å². The van der Waals surface area contributed by atoms with Gasteiger partial charge in [-0.05, 0) is 125 Å². The average Bonchev–Trinajstić information content (AvgIpc) is 3.81. The van der Waals surface area contributed by atoms with Gasteiger partial charge in [0.2, 0.25) is 21.8 Å². The summed E-state index contributed by atoms with van der Waals surface area (Å²) in [6, 6.07) is 16.9. The maximum atomic E-state index is 13.8. The van der Waals surface area contributed by atoms with Crippen LogP contribution < -0.4 is 21.5 Å². The van der Waals surface area contributed by atoms with E-state index in [1.54, 1.807) is 34.6 Å². The average molecular weight is 759 g/mol. The van der Waals surface area contributed by atoms with Crippen LogP contribution in [0.5, 0.6) is 0 Å². The first-order valence-corrected chi connectivity index (χ1v) is 20.1. The number of amides is 3. The van der Waals surface area contributed by atoms with Crippen molar-refractivity contribution in [2.75, 3.05) is 25.0 Å². The molecule has 1 saturated heterocycles. The van der Waals surface area contributed by atoms with Gasteiger partial charge >= 0.3 is 6.09 Å². The van der Waals surface area contributed by atoms with E-state index in [0.717, 1.165) is 47.9 Å². The summed E-state index contributed by atoms with van der Waals surface area (Å²) in [6.45, 7) is 8.91. The SMILES string of the molecule is Cc1cc(S(=O)(=O)N2CCCC2)ccc1-c1ccc(C[C@H](NC(=O)[C@H]2CC[C@H](CNC(=O)OC(C)(C)C)CC2)C(=O)Nc2ccc3c(=O)[nH][nH]c3c2)cc1. The lowest BCUT2D eigenvalue weighted by atomic mass is 9.81. The number of fused-ring (bicyclic) bond motifs is 1. The fourth-order valence-corrected chi connectivity index (χ4v) is 8.87. The van der Waals surface area contributed by atoms with E-state index in [2.05, 4.69) is 26.1 Å². The Labute approximate surface area is 315 Å². The molecule has 13 nitrogen and oxygen atoms in total. The van der Waals surface area contributed by atoms with Crippen LogP contribution in [0.25, 0.3) is 22.0 Å². The quantitative estimate of drug-likeness (QED) is 0.132. The van der Waals surface area contributed by atoms with Crippen LogP contribution in [0.2, 0.25) is 0 Å². The number of carbonyl (C=O) groups excluding carboxylic acids is 3. The highest BCUT2D eigenvalue weighted by Gasteiger charge is 2.31. The van der Waals surface area contributed by atoms with Gasteiger partial charge < -0.3 is 20.7 Å². The highest BCUT2D eigenvalue weighted by molar-refractivity contribution is 7.89. The van der Waals surface area contributed by atoms with E-state index in [1.165, 1.54) is 0 Å². The summed E-state index contributed by atoms with van der Waals surface area (Å²) in [6.07, 6.45) is 4.28. The second kappa shape index (κ2) is 16.2. The van der Waals surface area contributed by atoms with Gasteiger partial charge in [0.1, 0.15) is 11.6 Å². The van der Waals surface area contributed by atoms with Gasteiger partial charge in [0.05, 0.1) is 15.8 Å². The summed E-state index contributed by atoms with van der Waals surface area (Å²) in [4.78, 5) is 51.9. The zero-order valence-electron chi connectivity index (χ0n) is 31.3. The molecular formula is C40H50N6O7S. The molecule has 1 atom stereocenters. The molecule has 1 aliphatic carbocycles. The molecule has 0 bridgehead atoms. The Balaban J connectivity index is 1.13. The van der Waals surface area contributed by atoms with Crippen LogP contribution in [-0.4, -0.2) is 72.1 Å². The molecule has 0 unspecified atom stereocenters. The first kappa shape index (κ1) is 38.8. The Kier molecular flexibility index (Phi) is 11.6. The molecule has 6 rings (SSSR count). The maximum absolute atomic E-state index is 13.8. The van der Waals surface area contributed by atoms with E-state index >= 15 is 0 Å². The van der Waals surface area contributed by atoms with E-state index in [1.807, 2.05) is 58.0 Å². The van der Waals surface area contributed by atoms with Gasteiger partial charge in [0.15, 0.2) is 0 Å². The highest BCUT2D eigenvalue weighted by Crippen LogP contribution is 2.30. The molecule has 0 spiro atoms. The molecule has 54 heavy (non-hydrogen) atoms. The minimum absolute atomic E-state index is 0.199. The number of sulfonamides is 1. The number of hydrogen-bond acceptors (Lipinski definition) is 7. The Morgan fingerprint density at radius 3 is 2.30 bits per heavy atom. The summed E-state index contributed by atoms with van der Waals surface area (Å²) in [5.41, 5.74) is 3.65. The van der Waals surface area contributed by atoms with Crippen molar-refractivity contribution >= 4 is 44.5 Å². The molecule has 3 aromatic carbocycles. The van der Waals surface area contributed by atoms with Crippen molar-refractivity contribution in [1.29, 1.82) is 0 Å². The number of ether oxygens (including phenoxy) is 1. The van der Waals surface area contributed by atoms with Gasteiger partial charge in [-0.2, -0.15) is 4.31 Å². The van der Waals surface area contributed by atoms with Crippen molar-refractivity contribution in [3.63, 3.8) is 0 Å². The van der Waals surface area contributed by atoms with E-state index < -0.39 is 33.7 Å². The fraction of sp³-hybridized carbons (Fsp3) is 0.450. The van der Waals surface area contributed by atoms with Crippen LogP contribution in [0.1, 0.15) is 70.4 Å². The molecule has 1 saturated carbocycles. The predicted molar refractivity (Wildman–Crippen MR) is 207 cm³/mol. The molecule has 0 radical (unpaired) electrons. The topological polar surface area (TPSA) is 183 Å². The minimum atomic E-state index is -3.53. The number of benzene rings is 3. The normalized spacial score (nSPS) is 18.6. The number of nitrogens with zero attached hydrogens (tertiary/aromatic N) is 1. The zero-order chi connectivity index (χ0) is 38.6. The zero-order valence-corrected chi connectivity index (χ0v) is 32.1. The van der Waals surface area contributed by atoms with Gasteiger partial charge in [-0.15, -0.1) is 0 Å². The minimum Gasteiger partial charge on any atom is -0.444 e. The molecule has 1 aliphatic heterocycles. The first-order valence-electron chi connectivity index (χ1n) is 18.6. The van der Waals surface area contributed by atoms with Gasteiger partial charge in [0, 0.05) is 37.7 Å². The molecule has 2 aliphatic rings. The molecule has 288 valence electrons. The number of aromatic amines is 2. The van der Waals surface area contributed by atoms with E-state index in [9.17, 15) is 27.6 Å². The van der Waals surface area contributed by atoms with Crippen LogP contribution in [0.3, 0.4) is 0 Å². The molecule has 2 heterocycles. The molecule has 3 amide bonds. The number of carbonyl (C=O) groups is 3. The number of aromatic nitrogens is 2. The molecule has 2 fully saturated rings. The van der Waals surface area contributed by atoms with Crippen LogP contribution >= 0.6 is 0 Å². The van der Waals surface area contributed by atoms with Crippen molar-refractivity contribution in [2.24, 2.45) is 11.8 Å². The number of H-pyrrole nitrogens is 2. The second-order valence-corrected chi connectivity index (χ2v) is 17.4. The summed E-state index contributed by atoms with van der Waals surface area (Å²) in [7, 11) is -3.53. The Hall–Kier alpha value is -4.95. The van der Waals surface area contributed by atoms with Gasteiger partial charge in [-0.1, -0.05) is 30.3 Å². The van der Waals surface area contributed by atoms with E-state index in [4.69, 9.17) is 4.74 Å². The van der Waals surface area contributed by atoms with Crippen molar-refractivity contribution in [3.8, 4) is 11.1 Å². The third-order valence-electron chi connectivity index (χ3n) is 10.2. The lowest BCUT2D eigenvalue weighted by Gasteiger charge is -2.29. The number of rotatable bonds is 11. The number of anilines is 1. The number of aryl methyl sites for hydroxylation is 1. The molecular weight excluding hydrogens is 709 g/mol. The van der Waals surface area contributed by atoms with Gasteiger partial charge in [-0.25, -0.2) is 13.2 Å². The van der Waals surface area contributed by atoms with Gasteiger partial charge in [0.25, 0.3) is 5.56 Å². The van der Waals surface area contributed by atoms with Crippen molar-refractivity contribution in [1.82, 2.24) is 25.1 Å². The van der Waals surface area contributed by atoms with Crippen LogP contribution in [0.4, 0.5) is 10.5 Å². The summed E-state index contributed by atoms with van der Waals surface area (Å²) < 4.78 is 33.1. The van der Waals surface area contributed by atoms with Crippen molar-refractivity contribution in [2.45, 2.75) is 89.2 Å². The largest absolute Gasteiger partial charge is 0.444 e. The van der Waals surface area contributed by atoms with E-state index in [0.29, 0.717) is 54.0 Å². The Bertz CT molecular complexity index is 2160. The third kappa shape index (κ3) is 9.40. The lowest BCUT2D eigenvalue weighted by Crippen LogP contribution is -2.48. The summed E-state index contributed by atoms with van der Waals surface area (Å²) in [5.74, 6) is -0.647. The van der Waals surface area contributed by atoms with E-state index in [-0.39, 0.29) is 29.7 Å². The Morgan fingerprint density at radius 1 is 0.926 bits per heavy atom.